The Morgan fingerprint density at radius 1 is 1.56 bits per heavy atom. The second kappa shape index (κ2) is 3.20. The Labute approximate surface area is 72.5 Å². The first-order valence-corrected chi connectivity index (χ1v) is 2.69. The molecule has 0 unspecified atom stereocenters. The molecule has 2 nitrogen and oxygen atoms in total. The van der Waals surface area contributed by atoms with Crippen molar-refractivity contribution in [2.45, 2.75) is 6.92 Å². The van der Waals surface area contributed by atoms with Crippen LogP contribution in [0, 0.1) is 6.92 Å². The molecule has 1 aromatic heterocycles. The van der Waals surface area contributed by atoms with E-state index >= 15 is 0 Å². The summed E-state index contributed by atoms with van der Waals surface area (Å²) in [7, 11) is 4.07. The van der Waals surface area contributed by atoms with Crippen molar-refractivity contribution >= 4 is 0 Å². The Bertz CT molecular complexity index is 173. The fourth-order valence-corrected chi connectivity index (χ4v) is 0.665. The maximum Gasteiger partial charge on any atom is 0.252 e. The summed E-state index contributed by atoms with van der Waals surface area (Å²) in [6, 6.07) is 0. The number of hydrogen-bond donors (Lipinski definition) is 0. The molecule has 0 bridgehead atoms. The molecule has 0 aromatic carbocycles. The summed E-state index contributed by atoms with van der Waals surface area (Å²) >= 11 is 0. The molecule has 0 atom stereocenters. The van der Waals surface area contributed by atoms with Crippen molar-refractivity contribution in [2.24, 2.45) is 14.1 Å². The topological polar surface area (TPSA) is 8.81 Å². The average molecular weight is 238 g/mol. The van der Waals surface area contributed by atoms with E-state index in [0.29, 0.717) is 0 Å². The first-order chi connectivity index (χ1) is 3.72. The van der Waals surface area contributed by atoms with Crippen LogP contribution in [0.5, 0.6) is 0 Å². The number of halogens is 1. The molecule has 0 spiro atoms. The minimum absolute atomic E-state index is 0. The molecule has 0 amide bonds. The molecule has 1 aromatic rings. The van der Waals surface area contributed by atoms with Crippen LogP contribution in [0.2, 0.25) is 0 Å². The third-order valence-electron chi connectivity index (χ3n) is 1.53. The fraction of sp³-hybridized carbons (Fsp3) is 0.500. The van der Waals surface area contributed by atoms with Gasteiger partial charge in [-0.2, -0.15) is 0 Å². The van der Waals surface area contributed by atoms with Crippen LogP contribution in [-0.2, 0) is 14.1 Å². The van der Waals surface area contributed by atoms with Gasteiger partial charge in [-0.05, 0) is 0 Å². The first kappa shape index (κ1) is 8.94. The van der Waals surface area contributed by atoms with Crippen LogP contribution >= 0.6 is 0 Å². The van der Waals surface area contributed by atoms with Gasteiger partial charge in [-0.3, -0.25) is 0 Å². The quantitative estimate of drug-likeness (QED) is 0.340. The predicted molar refractivity (Wildman–Crippen MR) is 31.3 cm³/mol. The number of nitrogens with zero attached hydrogens (tertiary/aromatic N) is 2. The van der Waals surface area contributed by atoms with Gasteiger partial charge in [0.15, 0.2) is 0 Å². The third-order valence-corrected chi connectivity index (χ3v) is 1.53. The summed E-state index contributed by atoms with van der Waals surface area (Å²) in [4.78, 5) is 0. The van der Waals surface area contributed by atoms with Gasteiger partial charge in [0.05, 0.1) is 14.1 Å². The van der Waals surface area contributed by atoms with Crippen LogP contribution in [0.25, 0.3) is 0 Å². The zero-order valence-electron chi connectivity index (χ0n) is 5.93. The molecule has 1 heterocycles. The standard InChI is InChI=1S/C6H11N2.HI/c1-6-7(2)4-5-8(6)3;/h4-5H,1-3H3;1H/q+1;/p-1. The molecular formula is C6H11IN2. The van der Waals surface area contributed by atoms with E-state index in [1.54, 1.807) is 0 Å². The average Bonchev–Trinajstić information content (AvgIpc) is 1.98. The molecular weight excluding hydrogens is 227 g/mol. The molecule has 0 saturated heterocycles. The van der Waals surface area contributed by atoms with Gasteiger partial charge in [-0.15, -0.1) is 0 Å². The molecule has 0 aliphatic carbocycles. The van der Waals surface area contributed by atoms with Crippen molar-refractivity contribution in [3.05, 3.63) is 18.2 Å². The number of hydrogen-bond acceptors (Lipinski definition) is 0. The van der Waals surface area contributed by atoms with Crippen molar-refractivity contribution < 1.29 is 28.5 Å². The van der Waals surface area contributed by atoms with E-state index in [4.69, 9.17) is 0 Å². The summed E-state index contributed by atoms with van der Waals surface area (Å²) in [5.41, 5.74) is 0. The van der Waals surface area contributed by atoms with Crippen molar-refractivity contribution in [2.75, 3.05) is 0 Å². The smallest absolute Gasteiger partial charge is 0.252 e. The molecule has 9 heavy (non-hydrogen) atoms. The Morgan fingerprint density at radius 3 is 2.22 bits per heavy atom. The maximum atomic E-state index is 2.08. The fourth-order valence-electron chi connectivity index (χ4n) is 0.665. The number of imidazole rings is 1. The number of rotatable bonds is 0. The molecule has 0 aliphatic rings. The van der Waals surface area contributed by atoms with Gasteiger partial charge in [0.2, 0.25) is 0 Å². The Kier molecular flexibility index (Phi) is 3.17. The van der Waals surface area contributed by atoms with Crippen molar-refractivity contribution in [3.8, 4) is 0 Å². The number of aryl methyl sites for hydroxylation is 2. The van der Waals surface area contributed by atoms with Crippen LogP contribution in [0.3, 0.4) is 0 Å². The zero-order valence-corrected chi connectivity index (χ0v) is 8.08. The molecule has 52 valence electrons. The first-order valence-electron chi connectivity index (χ1n) is 2.69. The zero-order chi connectivity index (χ0) is 6.15. The maximum absolute atomic E-state index is 2.08. The van der Waals surface area contributed by atoms with E-state index in [-0.39, 0.29) is 24.0 Å². The van der Waals surface area contributed by atoms with Crippen LogP contribution in [0.15, 0.2) is 12.4 Å². The highest BCUT2D eigenvalue weighted by molar-refractivity contribution is 4.75. The minimum atomic E-state index is 0. The molecule has 0 aliphatic heterocycles. The minimum Gasteiger partial charge on any atom is -1.00 e. The van der Waals surface area contributed by atoms with Crippen LogP contribution in [0.1, 0.15) is 5.82 Å². The molecule has 1 rings (SSSR count). The second-order valence-corrected chi connectivity index (χ2v) is 2.07. The summed E-state index contributed by atoms with van der Waals surface area (Å²) in [6.07, 6.45) is 4.07. The SMILES string of the molecule is Cc1n(C)cc[n+]1C.[I-]. The Morgan fingerprint density at radius 2 is 2.11 bits per heavy atom. The van der Waals surface area contributed by atoms with Gasteiger partial charge in [0.1, 0.15) is 12.4 Å². The van der Waals surface area contributed by atoms with E-state index in [1.165, 1.54) is 5.82 Å². The van der Waals surface area contributed by atoms with E-state index < -0.39 is 0 Å². The highest BCUT2D eigenvalue weighted by Gasteiger charge is 2.00. The van der Waals surface area contributed by atoms with E-state index in [1.807, 2.05) is 26.5 Å². The number of aromatic nitrogens is 2. The van der Waals surface area contributed by atoms with E-state index in [2.05, 4.69) is 16.1 Å². The summed E-state index contributed by atoms with van der Waals surface area (Å²) in [6.45, 7) is 2.08. The van der Waals surface area contributed by atoms with Gasteiger partial charge >= 0.3 is 0 Å². The predicted octanol–water partition coefficient (Wildman–Crippen LogP) is -2.84. The molecule has 0 saturated carbocycles. The monoisotopic (exact) mass is 238 g/mol. The largest absolute Gasteiger partial charge is 1.00 e. The van der Waals surface area contributed by atoms with Gasteiger partial charge in [0.25, 0.3) is 5.82 Å². The van der Waals surface area contributed by atoms with Crippen molar-refractivity contribution in [3.63, 3.8) is 0 Å². The summed E-state index contributed by atoms with van der Waals surface area (Å²) in [5.74, 6) is 1.27. The Hall–Kier alpha value is -0.0600. The van der Waals surface area contributed by atoms with Crippen LogP contribution in [-0.4, -0.2) is 4.57 Å². The van der Waals surface area contributed by atoms with Gasteiger partial charge < -0.3 is 24.0 Å². The third kappa shape index (κ3) is 1.67. The van der Waals surface area contributed by atoms with Crippen molar-refractivity contribution in [1.82, 2.24) is 4.57 Å². The lowest BCUT2D eigenvalue weighted by Crippen LogP contribution is -3.00. The second-order valence-electron chi connectivity index (χ2n) is 2.07. The van der Waals surface area contributed by atoms with Crippen molar-refractivity contribution in [1.29, 1.82) is 0 Å². The lowest BCUT2D eigenvalue weighted by Gasteiger charge is -1.84. The normalized spacial score (nSPS) is 8.78. The highest BCUT2D eigenvalue weighted by atomic mass is 127. The molecule has 3 heteroatoms. The van der Waals surface area contributed by atoms with E-state index in [0.717, 1.165) is 0 Å². The van der Waals surface area contributed by atoms with Gasteiger partial charge in [-0.25, -0.2) is 9.13 Å². The van der Waals surface area contributed by atoms with Crippen LogP contribution < -0.4 is 28.5 Å². The molecule has 0 N–H and O–H groups in total. The van der Waals surface area contributed by atoms with E-state index in [9.17, 15) is 0 Å². The lowest BCUT2D eigenvalue weighted by molar-refractivity contribution is -0.677. The van der Waals surface area contributed by atoms with Crippen LogP contribution in [0.4, 0.5) is 0 Å². The summed E-state index contributed by atoms with van der Waals surface area (Å²) < 4.78 is 4.17. The molecule has 0 radical (unpaired) electrons. The molecule has 0 fully saturated rings. The Balaban J connectivity index is 0.000000640. The summed E-state index contributed by atoms with van der Waals surface area (Å²) in [5, 5.41) is 0. The lowest BCUT2D eigenvalue weighted by atomic mass is 10.7. The van der Waals surface area contributed by atoms with Gasteiger partial charge in [0, 0.05) is 6.92 Å². The highest BCUT2D eigenvalue weighted by Crippen LogP contribution is 1.84. The van der Waals surface area contributed by atoms with Gasteiger partial charge in [-0.1, -0.05) is 0 Å².